The van der Waals surface area contributed by atoms with Gasteiger partial charge < -0.3 is 5.11 Å². The molecule has 3 heteroatoms. The molecule has 1 rings (SSSR count). The number of carbonyl (C=O) groups is 1. The van der Waals surface area contributed by atoms with E-state index in [0.717, 1.165) is 12.3 Å². The minimum Gasteiger partial charge on any atom is -0.480 e. The molecule has 1 aliphatic carbocycles. The zero-order valence-corrected chi connectivity index (χ0v) is 12.9. The van der Waals surface area contributed by atoms with Crippen molar-refractivity contribution in [1.29, 1.82) is 0 Å². The Kier molecular flexibility index (Phi) is 7.44. The summed E-state index contributed by atoms with van der Waals surface area (Å²) in [7, 11) is 0. The Bertz CT molecular complexity index is 267. The minimum absolute atomic E-state index is 0.206. The predicted octanol–water partition coefficient (Wildman–Crippen LogP) is 3.92. The van der Waals surface area contributed by atoms with E-state index < -0.39 is 5.97 Å². The number of hydrogen-bond acceptors (Lipinski definition) is 2. The van der Waals surface area contributed by atoms with Crippen molar-refractivity contribution in [1.82, 2.24) is 4.90 Å². The lowest BCUT2D eigenvalue weighted by Gasteiger charge is -2.34. The van der Waals surface area contributed by atoms with E-state index >= 15 is 0 Å². The highest BCUT2D eigenvalue weighted by molar-refractivity contribution is 5.69. The van der Waals surface area contributed by atoms with E-state index in [-0.39, 0.29) is 6.54 Å². The van der Waals surface area contributed by atoms with Crippen molar-refractivity contribution < 1.29 is 9.90 Å². The highest BCUT2D eigenvalue weighted by Gasteiger charge is 2.27. The molecular formula is C16H31NO2. The second-order valence-corrected chi connectivity index (χ2v) is 6.14. The second kappa shape index (κ2) is 8.57. The summed E-state index contributed by atoms with van der Waals surface area (Å²) in [5.41, 5.74) is 0. The summed E-state index contributed by atoms with van der Waals surface area (Å²) in [6.45, 7) is 6.78. The quantitative estimate of drug-likeness (QED) is 0.712. The van der Waals surface area contributed by atoms with E-state index in [1.165, 1.54) is 44.9 Å². The topological polar surface area (TPSA) is 40.5 Å². The first-order valence-electron chi connectivity index (χ1n) is 8.05. The van der Waals surface area contributed by atoms with Gasteiger partial charge in [-0.1, -0.05) is 39.5 Å². The molecule has 0 amide bonds. The Morgan fingerprint density at radius 2 is 2.00 bits per heavy atom. The molecule has 3 nitrogen and oxygen atoms in total. The molecule has 112 valence electrons. The largest absolute Gasteiger partial charge is 0.480 e. The molecule has 0 heterocycles. The molecule has 0 aromatic rings. The molecule has 1 saturated carbocycles. The molecule has 0 aromatic carbocycles. The van der Waals surface area contributed by atoms with Gasteiger partial charge in [0.05, 0.1) is 6.54 Å². The van der Waals surface area contributed by atoms with Crippen LogP contribution in [0.25, 0.3) is 0 Å². The van der Waals surface area contributed by atoms with Crippen molar-refractivity contribution in [2.45, 2.75) is 84.2 Å². The van der Waals surface area contributed by atoms with Crippen LogP contribution in [-0.2, 0) is 4.79 Å². The molecule has 1 N–H and O–H groups in total. The Morgan fingerprint density at radius 1 is 1.26 bits per heavy atom. The van der Waals surface area contributed by atoms with Crippen molar-refractivity contribution in [3.63, 3.8) is 0 Å². The standard InChI is InChI=1S/C16H31NO2/c1-4-7-14-8-6-9-15(11-10-14)17(12-16(18)19)13(3)5-2/h13-15H,4-12H2,1-3H3,(H,18,19). The van der Waals surface area contributed by atoms with E-state index in [2.05, 4.69) is 25.7 Å². The van der Waals surface area contributed by atoms with E-state index in [1.54, 1.807) is 0 Å². The van der Waals surface area contributed by atoms with Gasteiger partial charge in [0.2, 0.25) is 0 Å². The van der Waals surface area contributed by atoms with E-state index in [9.17, 15) is 4.79 Å². The average molecular weight is 269 g/mol. The normalized spacial score (nSPS) is 26.1. The lowest BCUT2D eigenvalue weighted by Crippen LogP contribution is -2.44. The molecule has 0 bridgehead atoms. The first-order chi connectivity index (χ1) is 9.08. The Balaban J connectivity index is 2.60. The summed E-state index contributed by atoms with van der Waals surface area (Å²) in [4.78, 5) is 13.3. The van der Waals surface area contributed by atoms with Gasteiger partial charge in [-0.25, -0.2) is 0 Å². The maximum atomic E-state index is 11.1. The molecule has 0 saturated heterocycles. The first kappa shape index (κ1) is 16.5. The van der Waals surface area contributed by atoms with Gasteiger partial charge in [0.25, 0.3) is 0 Å². The van der Waals surface area contributed by atoms with Gasteiger partial charge >= 0.3 is 5.97 Å². The highest BCUT2D eigenvalue weighted by Crippen LogP contribution is 2.30. The summed E-state index contributed by atoms with van der Waals surface area (Å²) in [6, 6.07) is 0.858. The van der Waals surface area contributed by atoms with Crippen LogP contribution < -0.4 is 0 Å². The fraction of sp³-hybridized carbons (Fsp3) is 0.938. The minimum atomic E-state index is -0.686. The summed E-state index contributed by atoms with van der Waals surface area (Å²) in [5.74, 6) is 0.188. The third kappa shape index (κ3) is 5.52. The molecule has 0 aliphatic heterocycles. The van der Waals surface area contributed by atoms with Crippen LogP contribution in [0.5, 0.6) is 0 Å². The number of hydrogen-bond donors (Lipinski definition) is 1. The molecule has 0 aromatic heterocycles. The Labute approximate surface area is 118 Å². The zero-order valence-electron chi connectivity index (χ0n) is 12.9. The van der Waals surface area contributed by atoms with Crippen LogP contribution >= 0.6 is 0 Å². The summed E-state index contributed by atoms with van der Waals surface area (Å²) in [6.07, 6.45) is 9.90. The van der Waals surface area contributed by atoms with Crippen molar-refractivity contribution in [2.75, 3.05) is 6.54 Å². The SMILES string of the molecule is CCCC1CCCC(N(CC(=O)O)C(C)CC)CC1. The summed E-state index contributed by atoms with van der Waals surface area (Å²) in [5, 5.41) is 9.12. The third-order valence-electron chi connectivity index (χ3n) is 4.70. The molecule has 3 atom stereocenters. The third-order valence-corrected chi connectivity index (χ3v) is 4.70. The van der Waals surface area contributed by atoms with Crippen molar-refractivity contribution in [2.24, 2.45) is 5.92 Å². The number of carboxylic acid groups (broad SMARTS) is 1. The van der Waals surface area contributed by atoms with Crippen LogP contribution in [0.3, 0.4) is 0 Å². The van der Waals surface area contributed by atoms with Gasteiger partial charge in [0.15, 0.2) is 0 Å². The van der Waals surface area contributed by atoms with Crippen LogP contribution in [0.4, 0.5) is 0 Å². The van der Waals surface area contributed by atoms with Crippen molar-refractivity contribution >= 4 is 5.97 Å². The van der Waals surface area contributed by atoms with Crippen LogP contribution in [0.15, 0.2) is 0 Å². The maximum absolute atomic E-state index is 11.1. The van der Waals surface area contributed by atoms with Crippen LogP contribution in [-0.4, -0.2) is 34.6 Å². The molecule has 3 unspecified atom stereocenters. The molecule has 1 fully saturated rings. The van der Waals surface area contributed by atoms with Gasteiger partial charge in [-0.05, 0) is 38.5 Å². The molecule has 19 heavy (non-hydrogen) atoms. The number of rotatable bonds is 7. The average Bonchev–Trinajstić information content (AvgIpc) is 2.61. The fourth-order valence-electron chi connectivity index (χ4n) is 3.42. The van der Waals surface area contributed by atoms with Gasteiger partial charge in [0.1, 0.15) is 0 Å². The first-order valence-corrected chi connectivity index (χ1v) is 8.05. The van der Waals surface area contributed by atoms with Crippen LogP contribution in [0.2, 0.25) is 0 Å². The predicted molar refractivity (Wildman–Crippen MR) is 79.4 cm³/mol. The fourth-order valence-corrected chi connectivity index (χ4v) is 3.42. The molecular weight excluding hydrogens is 238 g/mol. The lowest BCUT2D eigenvalue weighted by atomic mass is 9.95. The van der Waals surface area contributed by atoms with Crippen LogP contribution in [0.1, 0.15) is 72.1 Å². The maximum Gasteiger partial charge on any atom is 0.317 e. The van der Waals surface area contributed by atoms with Gasteiger partial charge in [0, 0.05) is 12.1 Å². The zero-order chi connectivity index (χ0) is 14.3. The van der Waals surface area contributed by atoms with E-state index in [4.69, 9.17) is 5.11 Å². The number of aliphatic carboxylic acids is 1. The molecule has 0 spiro atoms. The highest BCUT2D eigenvalue weighted by atomic mass is 16.4. The van der Waals surface area contributed by atoms with Gasteiger partial charge in [-0.2, -0.15) is 0 Å². The Hall–Kier alpha value is -0.570. The summed E-state index contributed by atoms with van der Waals surface area (Å²) >= 11 is 0. The Morgan fingerprint density at radius 3 is 2.58 bits per heavy atom. The molecule has 0 radical (unpaired) electrons. The lowest BCUT2D eigenvalue weighted by molar-refractivity contribution is -0.139. The summed E-state index contributed by atoms with van der Waals surface area (Å²) < 4.78 is 0. The van der Waals surface area contributed by atoms with Crippen molar-refractivity contribution in [3.8, 4) is 0 Å². The van der Waals surface area contributed by atoms with Gasteiger partial charge in [-0.15, -0.1) is 0 Å². The second-order valence-electron chi connectivity index (χ2n) is 6.14. The van der Waals surface area contributed by atoms with Gasteiger partial charge in [-0.3, -0.25) is 9.69 Å². The van der Waals surface area contributed by atoms with E-state index in [0.29, 0.717) is 12.1 Å². The number of nitrogens with zero attached hydrogens (tertiary/aromatic N) is 1. The smallest absolute Gasteiger partial charge is 0.317 e. The van der Waals surface area contributed by atoms with Crippen LogP contribution in [0, 0.1) is 5.92 Å². The number of carboxylic acids is 1. The van der Waals surface area contributed by atoms with E-state index in [1.807, 2.05) is 0 Å². The van der Waals surface area contributed by atoms with Crippen molar-refractivity contribution in [3.05, 3.63) is 0 Å². The monoisotopic (exact) mass is 269 g/mol. The molecule has 1 aliphatic rings.